The molecule has 0 aromatic heterocycles. The molecule has 42 heteroatoms. The lowest BCUT2D eigenvalue weighted by molar-refractivity contribution is -0.146. The van der Waals surface area contributed by atoms with Crippen molar-refractivity contribution in [3.8, 4) is 0 Å². The van der Waals surface area contributed by atoms with Crippen molar-refractivity contribution in [2.75, 3.05) is 26.3 Å². The number of nitrogens with one attached hydrogen (secondary N) is 17. The summed E-state index contributed by atoms with van der Waals surface area (Å²) in [4.78, 5) is 271. The molecule has 1 saturated heterocycles. The van der Waals surface area contributed by atoms with Gasteiger partial charge in [0.2, 0.25) is 118 Å². The average molecular weight is 1720 g/mol. The van der Waals surface area contributed by atoms with Crippen molar-refractivity contribution >= 4 is 118 Å². The summed E-state index contributed by atoms with van der Waals surface area (Å²) in [5, 5.41) is 62.6. The van der Waals surface area contributed by atoms with Crippen molar-refractivity contribution in [2.24, 2.45) is 35.1 Å². The van der Waals surface area contributed by atoms with Crippen molar-refractivity contribution in [2.45, 2.75) is 330 Å². The number of aliphatic hydroxyl groups is 2. The summed E-state index contributed by atoms with van der Waals surface area (Å²) >= 11 is 0. The number of hydrogen-bond acceptors (Lipinski definition) is 22. The number of amides is 20. The molecule has 1 rings (SSSR count). The molecule has 1 fully saturated rings. The predicted molar refractivity (Wildman–Crippen MR) is 442 cm³/mol. The van der Waals surface area contributed by atoms with Crippen LogP contribution in [0.2, 0.25) is 0 Å². The van der Waals surface area contributed by atoms with Gasteiger partial charge >= 0.3 is 0 Å². The molecule has 0 aliphatic carbocycles. The molecule has 42 nitrogen and oxygen atoms in total. The SMILES string of the molecule is CC(=O)NC(C)(C)C(=O)N[C@@H](CO)C(=O)N[C@@H](C)C(=O)N[C@@H](CC(C)C)C(=O)NC(C)(C)C(=O)N[C@@H](CCC(N)=O)C(=O)NC(C)(C)C(=O)N[C@H](C(=O)NC(C)(C)C(=O)NCC(=O)NC(C)(C)C(=O)NC(C)(C)C(=O)N1CCC[C@H]1C(=O)N[C@@H](CC(C)C)C(=O)NC(C)(C)C(=O)NC(C)(C)C(=O)N[C@@H](CCC(N)=O)C(=O)N[C@H](CO)C(C)C)C(C)C. The molecular weight excluding hydrogens is 1580 g/mol. The molecule has 0 bridgehead atoms. The molecule has 1 aliphatic rings. The predicted octanol–water partition coefficient (Wildman–Crippen LogP) is -4.91. The second-order valence-electron chi connectivity index (χ2n) is 36.6. The van der Waals surface area contributed by atoms with Crippen LogP contribution in [0.3, 0.4) is 0 Å². The van der Waals surface area contributed by atoms with Crippen molar-refractivity contribution in [3.63, 3.8) is 0 Å². The standard InChI is InChI=1S/C79H138N20O22/c1-39(2)34-47(84-56(106)43(9)83-58(108)50(38-101)89-65(115)73(13,14)91-44(10)102)60(110)94-74(15,16)66(116)88-46(30-32-53(81)104)59(109)93-75(17,18)68(118)90-55(42(7)8)63(113)96-72(11,12)64(114)82-36-54(105)92-77(21,22)69(119)98-79(25,26)71(121)99-33-27-28-51(99)62(112)85-48(35-40(3)4)61(111)95-78(23,24)70(120)97-76(19,20)67(117)87-45(29-31-52(80)103)57(107)86-49(37-100)41(5)6/h39-43,45-51,55,100-101H,27-38H2,1-26H3,(H2,80,103)(H2,81,104)(H,82,114)(H,83,108)(H,84,106)(H,85,112)(H,86,107)(H,87,117)(H,88,116)(H,89,115)(H,90,118)(H,91,102)(H,92,105)(H,93,109)(H,94,110)(H,95,111)(H,96,113)(H,97,120)(H,98,119)/t43-,45-,46-,47-,48-,49+,50-,51-,55-/m0/s1. The summed E-state index contributed by atoms with van der Waals surface area (Å²) in [6.07, 6.45) is -0.831. The van der Waals surface area contributed by atoms with E-state index in [1.165, 1.54) is 130 Å². The zero-order valence-corrected chi connectivity index (χ0v) is 75.2. The van der Waals surface area contributed by atoms with E-state index in [2.05, 4.69) is 90.4 Å². The van der Waals surface area contributed by atoms with E-state index in [4.69, 9.17) is 11.5 Å². The van der Waals surface area contributed by atoms with Crippen molar-refractivity contribution < 1.29 is 106 Å². The molecule has 0 saturated carbocycles. The Balaban J connectivity index is 3.18. The number of primary amides is 2. The molecule has 0 radical (unpaired) electrons. The molecule has 0 aromatic rings. The number of carbonyl (C=O) groups excluding carboxylic acids is 20. The molecule has 0 unspecified atom stereocenters. The summed E-state index contributed by atoms with van der Waals surface area (Å²) in [7, 11) is 0. The third kappa shape index (κ3) is 34.8. The molecule has 0 spiro atoms. The Hall–Kier alpha value is -10.7. The first-order chi connectivity index (χ1) is 55.0. The van der Waals surface area contributed by atoms with E-state index in [0.717, 1.165) is 0 Å². The largest absolute Gasteiger partial charge is 0.394 e. The Bertz CT molecular complexity index is 3810. The maximum absolute atomic E-state index is 14.4. The van der Waals surface area contributed by atoms with Crippen LogP contribution in [0, 0.1) is 23.7 Å². The minimum Gasteiger partial charge on any atom is -0.394 e. The van der Waals surface area contributed by atoms with Gasteiger partial charge in [0, 0.05) is 26.3 Å². The van der Waals surface area contributed by atoms with Gasteiger partial charge in [0.1, 0.15) is 92.6 Å². The highest BCUT2D eigenvalue weighted by Gasteiger charge is 2.48. The first kappa shape index (κ1) is 108. The maximum atomic E-state index is 14.4. The van der Waals surface area contributed by atoms with E-state index >= 15 is 0 Å². The van der Waals surface area contributed by atoms with Crippen LogP contribution < -0.4 is 102 Å². The molecule has 686 valence electrons. The normalized spacial score (nSPS) is 15.5. The summed E-state index contributed by atoms with van der Waals surface area (Å²) < 4.78 is 0. The number of likely N-dealkylation sites (tertiary alicyclic amines) is 1. The van der Waals surface area contributed by atoms with E-state index < -0.39 is 255 Å². The van der Waals surface area contributed by atoms with Gasteiger partial charge in [-0.2, -0.15) is 0 Å². The fraction of sp³-hybridized carbons (Fsp3) is 0.747. The molecule has 1 aliphatic heterocycles. The van der Waals surface area contributed by atoms with Crippen LogP contribution in [0.15, 0.2) is 0 Å². The number of aliphatic hydroxyl groups excluding tert-OH is 2. The summed E-state index contributed by atoms with van der Waals surface area (Å²) in [6, 6.07) is -11.7. The van der Waals surface area contributed by atoms with Gasteiger partial charge in [-0.05, 0) is 180 Å². The Morgan fingerprint density at radius 3 is 1.17 bits per heavy atom. The third-order valence-electron chi connectivity index (χ3n) is 19.7. The van der Waals surface area contributed by atoms with Gasteiger partial charge in [-0.25, -0.2) is 0 Å². The fourth-order valence-corrected chi connectivity index (χ4v) is 12.0. The van der Waals surface area contributed by atoms with Crippen LogP contribution in [-0.2, 0) is 95.9 Å². The van der Waals surface area contributed by atoms with Crippen LogP contribution in [0.25, 0.3) is 0 Å². The van der Waals surface area contributed by atoms with Crippen LogP contribution >= 0.6 is 0 Å². The van der Waals surface area contributed by atoms with E-state index in [1.807, 2.05) is 0 Å². The van der Waals surface area contributed by atoms with Gasteiger partial charge in [0.05, 0.1) is 25.8 Å². The van der Waals surface area contributed by atoms with Gasteiger partial charge in [0.25, 0.3) is 0 Å². The minimum absolute atomic E-state index is 0.00159. The summed E-state index contributed by atoms with van der Waals surface area (Å²) in [5.41, 5.74) is -3.32. The fourth-order valence-electron chi connectivity index (χ4n) is 12.0. The topological polar surface area (TPSA) is 642 Å². The van der Waals surface area contributed by atoms with E-state index in [1.54, 1.807) is 55.4 Å². The van der Waals surface area contributed by atoms with Gasteiger partial charge < -0.3 is 117 Å². The van der Waals surface area contributed by atoms with Crippen LogP contribution in [-0.4, -0.2) is 258 Å². The Morgan fingerprint density at radius 2 is 0.744 bits per heavy atom. The number of hydrogen-bond donors (Lipinski definition) is 21. The first-order valence-electron chi connectivity index (χ1n) is 40.4. The van der Waals surface area contributed by atoms with Crippen molar-refractivity contribution in [1.82, 2.24) is 95.3 Å². The lowest BCUT2D eigenvalue weighted by Crippen LogP contribution is -2.66. The van der Waals surface area contributed by atoms with Gasteiger partial charge in [-0.15, -0.1) is 0 Å². The number of rotatable bonds is 48. The highest BCUT2D eigenvalue weighted by Crippen LogP contribution is 2.25. The second-order valence-corrected chi connectivity index (χ2v) is 36.6. The quantitative estimate of drug-likeness (QED) is 0.0271. The van der Waals surface area contributed by atoms with Gasteiger partial charge in [-0.1, -0.05) is 55.4 Å². The van der Waals surface area contributed by atoms with E-state index in [0.29, 0.717) is 6.42 Å². The average Bonchev–Trinajstić information content (AvgIpc) is 1.72. The Labute approximate surface area is 708 Å². The van der Waals surface area contributed by atoms with Crippen LogP contribution in [0.5, 0.6) is 0 Å². The second kappa shape index (κ2) is 45.3. The van der Waals surface area contributed by atoms with Crippen LogP contribution in [0.1, 0.15) is 231 Å². The van der Waals surface area contributed by atoms with E-state index in [9.17, 15) is 106 Å². The molecule has 121 heavy (non-hydrogen) atoms. The molecule has 1 heterocycles. The van der Waals surface area contributed by atoms with Crippen molar-refractivity contribution in [3.05, 3.63) is 0 Å². The highest BCUT2D eigenvalue weighted by atomic mass is 16.3. The molecule has 20 amide bonds. The lowest BCUT2D eigenvalue weighted by Gasteiger charge is -2.36. The zero-order chi connectivity index (χ0) is 94.1. The van der Waals surface area contributed by atoms with Crippen LogP contribution in [0.4, 0.5) is 0 Å². The molecule has 9 atom stereocenters. The lowest BCUT2D eigenvalue weighted by atomic mass is 9.96. The zero-order valence-electron chi connectivity index (χ0n) is 75.2. The van der Waals surface area contributed by atoms with Gasteiger partial charge in [0.15, 0.2) is 0 Å². The van der Waals surface area contributed by atoms with Gasteiger partial charge in [-0.3, -0.25) is 95.9 Å². The van der Waals surface area contributed by atoms with Crippen molar-refractivity contribution in [1.29, 1.82) is 0 Å². The third-order valence-corrected chi connectivity index (χ3v) is 19.7. The Morgan fingerprint density at radius 1 is 0.372 bits per heavy atom. The summed E-state index contributed by atoms with van der Waals surface area (Å²) in [6.45, 7) is 35.3. The maximum Gasteiger partial charge on any atom is 0.248 e. The monoisotopic (exact) mass is 1720 g/mol. The number of nitrogens with two attached hydrogens (primary N) is 2. The number of nitrogens with zero attached hydrogens (tertiary/aromatic N) is 1. The Kier molecular flexibility index (Phi) is 40.5. The number of carbonyl (C=O) groups is 20. The summed E-state index contributed by atoms with van der Waals surface area (Å²) in [5.74, 6) is -18.3. The first-order valence-corrected chi connectivity index (χ1v) is 40.4. The molecular formula is C79H138N20O22. The molecule has 23 N–H and O–H groups in total. The minimum atomic E-state index is -1.90. The smallest absolute Gasteiger partial charge is 0.248 e. The van der Waals surface area contributed by atoms with E-state index in [-0.39, 0.29) is 56.4 Å². The highest BCUT2D eigenvalue weighted by molar-refractivity contribution is 6.04. The molecule has 0 aromatic carbocycles.